The first kappa shape index (κ1) is 23.4. The van der Waals surface area contributed by atoms with E-state index in [1.165, 1.54) is 0 Å². The molecule has 0 amide bonds. The van der Waals surface area contributed by atoms with Gasteiger partial charge in [-0.3, -0.25) is 0 Å². The second kappa shape index (κ2) is 9.14. The molecule has 0 aliphatic carbocycles. The first-order valence-electron chi connectivity index (χ1n) is 1.75. The molecule has 0 saturated carbocycles. The molecule has 0 bridgehead atoms. The van der Waals surface area contributed by atoms with Crippen LogP contribution in [0.5, 0.6) is 0 Å². The second-order valence-electron chi connectivity index (χ2n) is 0.990. The van der Waals surface area contributed by atoms with Crippen LogP contribution in [-0.4, -0.2) is 14.5 Å². The molecule has 0 atom stereocenters. The molecule has 12 heteroatoms. The van der Waals surface area contributed by atoms with Crippen LogP contribution in [0.1, 0.15) is 0 Å². The van der Waals surface area contributed by atoms with Crippen molar-refractivity contribution in [3.05, 3.63) is 0 Å². The van der Waals surface area contributed by atoms with E-state index in [2.05, 4.69) is 0 Å². The molecule has 0 unspecified atom stereocenters. The van der Waals surface area contributed by atoms with Gasteiger partial charge in [-0.05, 0) is 0 Å². The Hall–Kier alpha value is 1.57. The Morgan fingerprint density at radius 1 is 0.417 bits per heavy atom. The Kier molecular flexibility index (Phi) is 17.8. The fourth-order valence-corrected chi connectivity index (χ4v) is 0. The molecule has 0 aliphatic heterocycles. The minimum absolute atomic E-state index is 0. The maximum atomic E-state index is 9.75. The van der Waals surface area contributed by atoms with Crippen molar-refractivity contribution >= 4 is 14.5 Å². The summed E-state index contributed by atoms with van der Waals surface area (Å²) in [4.78, 5) is 0. The SMILES string of the molecule is F[B-](F)(F)F.F[B-](F)(F)F.[Na+].[Na+]. The van der Waals surface area contributed by atoms with E-state index in [4.69, 9.17) is 0 Å². The zero-order valence-electron chi connectivity index (χ0n) is 6.18. The van der Waals surface area contributed by atoms with Crippen molar-refractivity contribution in [1.29, 1.82) is 0 Å². The number of rotatable bonds is 0. The molecule has 12 heavy (non-hydrogen) atoms. The van der Waals surface area contributed by atoms with Gasteiger partial charge in [-0.15, -0.1) is 0 Å². The molecule has 0 aromatic carbocycles. The van der Waals surface area contributed by atoms with Crippen LogP contribution in [0.4, 0.5) is 34.5 Å². The topological polar surface area (TPSA) is 0 Å². The van der Waals surface area contributed by atoms with Gasteiger partial charge < -0.3 is 34.5 Å². The standard InChI is InChI=1S/2BF4.2Na/c2*2-1(3,4)5;;/q2*-1;2*+1. The molecule has 0 aromatic heterocycles. The van der Waals surface area contributed by atoms with Crippen molar-refractivity contribution in [2.45, 2.75) is 0 Å². The molecule has 64 valence electrons. The zero-order valence-corrected chi connectivity index (χ0v) is 10.2. The van der Waals surface area contributed by atoms with Crippen LogP contribution in [0.3, 0.4) is 0 Å². The van der Waals surface area contributed by atoms with Gasteiger partial charge >= 0.3 is 73.6 Å². The molecule has 0 fully saturated rings. The van der Waals surface area contributed by atoms with Gasteiger partial charge in [0.25, 0.3) is 0 Å². The van der Waals surface area contributed by atoms with Gasteiger partial charge in [0.1, 0.15) is 0 Å². The van der Waals surface area contributed by atoms with Crippen LogP contribution in [0, 0.1) is 0 Å². The zero-order chi connectivity index (χ0) is 9.00. The molecule has 0 saturated heterocycles. The van der Waals surface area contributed by atoms with Crippen LogP contribution in [0.15, 0.2) is 0 Å². The second-order valence-corrected chi connectivity index (χ2v) is 0.990. The van der Waals surface area contributed by atoms with Gasteiger partial charge in [-0.2, -0.15) is 0 Å². The summed E-state index contributed by atoms with van der Waals surface area (Å²) in [6, 6.07) is 0. The fourth-order valence-electron chi connectivity index (χ4n) is 0. The van der Waals surface area contributed by atoms with Crippen LogP contribution in [0.2, 0.25) is 0 Å². The largest absolute Gasteiger partial charge is 1.00 e. The van der Waals surface area contributed by atoms with Crippen molar-refractivity contribution in [3.63, 3.8) is 0 Å². The van der Waals surface area contributed by atoms with Crippen LogP contribution in [-0.2, 0) is 0 Å². The molecule has 0 aromatic rings. The van der Waals surface area contributed by atoms with Crippen molar-refractivity contribution in [3.8, 4) is 0 Å². The van der Waals surface area contributed by atoms with Crippen molar-refractivity contribution in [2.75, 3.05) is 0 Å². The Morgan fingerprint density at radius 3 is 0.417 bits per heavy atom. The van der Waals surface area contributed by atoms with E-state index in [-0.39, 0.29) is 59.1 Å². The third-order valence-electron chi connectivity index (χ3n) is 0. The van der Waals surface area contributed by atoms with Gasteiger partial charge in [0, 0.05) is 0 Å². The first-order valence-corrected chi connectivity index (χ1v) is 1.75. The van der Waals surface area contributed by atoms with Crippen LogP contribution >= 0.6 is 0 Å². The summed E-state index contributed by atoms with van der Waals surface area (Å²) in [6.07, 6.45) is 0. The fraction of sp³-hybridized carbons (Fsp3) is 0. The molecule has 0 N–H and O–H groups in total. The molecular weight excluding hydrogens is 220 g/mol. The van der Waals surface area contributed by atoms with Crippen LogP contribution < -0.4 is 59.1 Å². The minimum Gasteiger partial charge on any atom is -0.418 e. The van der Waals surface area contributed by atoms with E-state index in [9.17, 15) is 34.5 Å². The van der Waals surface area contributed by atoms with Gasteiger partial charge in [0.05, 0.1) is 0 Å². The number of halogens is 8. The third kappa shape index (κ3) is 524. The first-order chi connectivity index (χ1) is 4.00. The normalized spacial score (nSPS) is 10.0. The average molecular weight is 220 g/mol. The van der Waals surface area contributed by atoms with Gasteiger partial charge in [0.15, 0.2) is 0 Å². The Labute approximate surface area is 107 Å². The number of hydrogen-bond acceptors (Lipinski definition) is 0. The van der Waals surface area contributed by atoms with E-state index in [1.807, 2.05) is 0 Å². The number of hydrogen-bond donors (Lipinski definition) is 0. The van der Waals surface area contributed by atoms with Crippen molar-refractivity contribution in [1.82, 2.24) is 0 Å². The van der Waals surface area contributed by atoms with E-state index in [0.29, 0.717) is 0 Å². The monoisotopic (exact) mass is 220 g/mol. The summed E-state index contributed by atoms with van der Waals surface area (Å²) in [5.41, 5.74) is 0. The van der Waals surface area contributed by atoms with E-state index >= 15 is 0 Å². The summed E-state index contributed by atoms with van der Waals surface area (Å²) in [5, 5.41) is 0. The van der Waals surface area contributed by atoms with Crippen molar-refractivity contribution < 1.29 is 93.6 Å². The summed E-state index contributed by atoms with van der Waals surface area (Å²) < 4.78 is 78.0. The molecule has 0 nitrogen and oxygen atoms in total. The maximum absolute atomic E-state index is 9.75. The third-order valence-corrected chi connectivity index (χ3v) is 0. The van der Waals surface area contributed by atoms with Gasteiger partial charge in [0.2, 0.25) is 0 Å². The molecule has 0 radical (unpaired) electrons. The molecule has 0 heterocycles. The summed E-state index contributed by atoms with van der Waals surface area (Å²) in [5.74, 6) is 0. The summed E-state index contributed by atoms with van der Waals surface area (Å²) >= 11 is 0. The molecular formula is B2F8Na2. The van der Waals surface area contributed by atoms with E-state index < -0.39 is 14.5 Å². The van der Waals surface area contributed by atoms with E-state index in [1.54, 1.807) is 0 Å². The van der Waals surface area contributed by atoms with Gasteiger partial charge in [-0.25, -0.2) is 0 Å². The van der Waals surface area contributed by atoms with Crippen LogP contribution in [0.25, 0.3) is 0 Å². The summed E-state index contributed by atoms with van der Waals surface area (Å²) in [6.45, 7) is 0. The van der Waals surface area contributed by atoms with E-state index in [0.717, 1.165) is 0 Å². The molecule has 0 aliphatic rings. The minimum atomic E-state index is -6.00. The quantitative estimate of drug-likeness (QED) is 0.295. The molecule has 0 spiro atoms. The average Bonchev–Trinajstić information content (AvgIpc) is 1.12. The summed E-state index contributed by atoms with van der Waals surface area (Å²) in [7, 11) is -12.0. The predicted octanol–water partition coefficient (Wildman–Crippen LogP) is -3.39. The Balaban J connectivity index is -0.0000000457. The Bertz CT molecular complexity index is 58.0. The Morgan fingerprint density at radius 2 is 0.417 bits per heavy atom. The van der Waals surface area contributed by atoms with Crippen molar-refractivity contribution in [2.24, 2.45) is 0 Å². The van der Waals surface area contributed by atoms with Gasteiger partial charge in [-0.1, -0.05) is 0 Å². The predicted molar refractivity (Wildman–Crippen MR) is 20.4 cm³/mol. The smallest absolute Gasteiger partial charge is 0.418 e. The molecule has 0 rings (SSSR count). The maximum Gasteiger partial charge on any atom is 1.00 e.